The van der Waals surface area contributed by atoms with E-state index in [-0.39, 0.29) is 10.4 Å². The maximum atomic E-state index is 12.2. The van der Waals surface area contributed by atoms with Crippen molar-refractivity contribution in [2.45, 2.75) is 24.3 Å². The molecule has 0 fully saturated rings. The summed E-state index contributed by atoms with van der Waals surface area (Å²) < 4.78 is 27.0. The summed E-state index contributed by atoms with van der Waals surface area (Å²) in [5.41, 5.74) is 2.45. The molecule has 0 heterocycles. The first-order valence-electron chi connectivity index (χ1n) is 7.52. The third-order valence-corrected chi connectivity index (χ3v) is 7.34. The van der Waals surface area contributed by atoms with Crippen LogP contribution in [0.2, 0.25) is 5.54 Å². The molecule has 0 atom stereocenters. The van der Waals surface area contributed by atoms with E-state index in [9.17, 15) is 18.0 Å². The average molecular weight is 364 g/mol. The summed E-state index contributed by atoms with van der Waals surface area (Å²) in [6.07, 6.45) is 1.64. The Morgan fingerprint density at radius 1 is 1.00 bits per heavy atom. The Morgan fingerprint density at radius 3 is 2.12 bits per heavy atom. The molecule has 0 saturated carbocycles. The second-order valence-electron chi connectivity index (χ2n) is 5.81. The zero-order chi connectivity index (χ0) is 17.8. The Bertz CT molecular complexity index is 800. The fourth-order valence-electron chi connectivity index (χ4n) is 1.89. The summed E-state index contributed by atoms with van der Waals surface area (Å²) in [6.45, 7) is 3.52. The van der Waals surface area contributed by atoms with E-state index in [0.717, 1.165) is 5.56 Å². The monoisotopic (exact) mass is 363 g/mol. The summed E-state index contributed by atoms with van der Waals surface area (Å²) in [7, 11) is -6.97. The highest BCUT2D eigenvalue weighted by Gasteiger charge is 2.29. The van der Waals surface area contributed by atoms with Crippen molar-refractivity contribution in [2.75, 3.05) is 4.72 Å². The molecule has 2 rings (SSSR count). The third kappa shape index (κ3) is 4.78. The van der Waals surface area contributed by atoms with Gasteiger partial charge in [0.05, 0.1) is 4.90 Å². The molecule has 7 heteroatoms. The van der Waals surface area contributed by atoms with Gasteiger partial charge in [0.25, 0.3) is 10.0 Å². The molecule has 0 spiro atoms. The normalized spacial score (nSPS) is 12.7. The Hall–Kier alpha value is -1.93. The molecule has 0 aliphatic carbocycles. The molecule has 2 aromatic carbocycles. The fraction of sp³-hybridized carbons (Fsp3) is 0.176. The Kier molecular flexibility index (Phi) is 5.61. The lowest BCUT2D eigenvalue weighted by Gasteiger charge is -2.17. The molecule has 0 radical (unpaired) electrons. The minimum absolute atomic E-state index is 0.197. The van der Waals surface area contributed by atoms with Gasteiger partial charge in [-0.25, -0.2) is 8.42 Å². The second kappa shape index (κ2) is 7.31. The molecular formula is C17H21NO4SSi. The summed E-state index contributed by atoms with van der Waals surface area (Å²) in [6, 6.07) is 14.8. The molecule has 24 heavy (non-hydrogen) atoms. The van der Waals surface area contributed by atoms with Gasteiger partial charge in [-0.15, -0.1) is 0 Å². The maximum Gasteiger partial charge on any atom is 0.362 e. The smallest absolute Gasteiger partial charge is 0.362 e. The summed E-state index contributed by atoms with van der Waals surface area (Å²) in [4.78, 5) is 20.0. The van der Waals surface area contributed by atoms with Crippen LogP contribution in [0.4, 0.5) is 5.69 Å². The molecule has 128 valence electrons. The molecular weight excluding hydrogens is 342 g/mol. The van der Waals surface area contributed by atoms with Gasteiger partial charge in [-0.05, 0) is 35.5 Å². The number of anilines is 1. The van der Waals surface area contributed by atoms with Gasteiger partial charge in [0, 0.05) is 11.2 Å². The van der Waals surface area contributed by atoms with E-state index in [4.69, 9.17) is 0 Å². The molecule has 3 N–H and O–H groups in total. The van der Waals surface area contributed by atoms with E-state index in [1.54, 1.807) is 62.4 Å². The first kappa shape index (κ1) is 18.4. The van der Waals surface area contributed by atoms with E-state index in [1.165, 1.54) is 17.8 Å². The summed E-state index contributed by atoms with van der Waals surface area (Å²) in [5.74, 6) is 0. The topological polar surface area (TPSA) is 86.6 Å². The van der Waals surface area contributed by atoms with Gasteiger partial charge < -0.3 is 9.59 Å². The van der Waals surface area contributed by atoms with Gasteiger partial charge in [-0.1, -0.05) is 50.3 Å². The molecule has 0 saturated heterocycles. The summed E-state index contributed by atoms with van der Waals surface area (Å²) in [5, 5.41) is 0. The molecule has 5 nitrogen and oxygen atoms in total. The van der Waals surface area contributed by atoms with Gasteiger partial charge in [0.2, 0.25) is 0 Å². The lowest BCUT2D eigenvalue weighted by molar-refractivity contribution is 0.364. The standard InChI is InChI=1S/C17H21NO4SSi/c1-14(2)24(21,22)13-12-15-8-10-16(11-9-15)18-23(19,20)17-6-4-3-5-7-17/h3-14,18,21-22H,1-2H3/b13-12+. The van der Waals surface area contributed by atoms with Crippen molar-refractivity contribution in [3.8, 4) is 0 Å². The van der Waals surface area contributed by atoms with E-state index >= 15 is 0 Å². The zero-order valence-electron chi connectivity index (χ0n) is 13.5. The van der Waals surface area contributed by atoms with E-state index in [1.807, 2.05) is 0 Å². The van der Waals surface area contributed by atoms with Crippen LogP contribution in [0.25, 0.3) is 6.08 Å². The molecule has 0 aliphatic heterocycles. The van der Waals surface area contributed by atoms with E-state index in [0.29, 0.717) is 5.69 Å². The van der Waals surface area contributed by atoms with Gasteiger partial charge >= 0.3 is 8.56 Å². The molecule has 0 unspecified atom stereocenters. The number of rotatable bonds is 6. The first-order chi connectivity index (χ1) is 11.2. The lowest BCUT2D eigenvalue weighted by Crippen LogP contribution is -2.35. The minimum atomic E-state index is -3.61. The van der Waals surface area contributed by atoms with E-state index < -0.39 is 18.6 Å². The SMILES string of the molecule is CC(C)[Si](O)(O)/C=C/c1ccc(NS(=O)(=O)c2ccccc2)cc1. The second-order valence-corrected chi connectivity index (χ2v) is 10.5. The van der Waals surface area contributed by atoms with Gasteiger partial charge in [-0.3, -0.25) is 4.72 Å². The van der Waals surface area contributed by atoms with Crippen molar-refractivity contribution >= 4 is 30.3 Å². The molecule has 0 aromatic heterocycles. The third-order valence-electron chi connectivity index (χ3n) is 3.59. The van der Waals surface area contributed by atoms with Crippen LogP contribution in [-0.4, -0.2) is 26.6 Å². The van der Waals surface area contributed by atoms with Crippen molar-refractivity contribution in [3.63, 3.8) is 0 Å². The Labute approximate surface area is 143 Å². The highest BCUT2D eigenvalue weighted by atomic mass is 32.2. The van der Waals surface area contributed by atoms with Crippen molar-refractivity contribution in [3.05, 3.63) is 65.9 Å². The largest absolute Gasteiger partial charge is 0.408 e. The molecule has 0 aliphatic rings. The van der Waals surface area contributed by atoms with Crippen LogP contribution < -0.4 is 4.72 Å². The molecule has 2 aromatic rings. The fourth-order valence-corrected chi connectivity index (χ4v) is 3.79. The van der Waals surface area contributed by atoms with Gasteiger partial charge in [0.1, 0.15) is 0 Å². The van der Waals surface area contributed by atoms with Crippen LogP contribution >= 0.6 is 0 Å². The van der Waals surface area contributed by atoms with Gasteiger partial charge in [-0.2, -0.15) is 0 Å². The quantitative estimate of drug-likeness (QED) is 0.689. The number of benzene rings is 2. The number of hydrogen-bond donors (Lipinski definition) is 3. The van der Waals surface area contributed by atoms with Crippen molar-refractivity contribution in [1.82, 2.24) is 0 Å². The minimum Gasteiger partial charge on any atom is -0.408 e. The zero-order valence-corrected chi connectivity index (χ0v) is 15.4. The number of hydrogen-bond acceptors (Lipinski definition) is 4. The van der Waals surface area contributed by atoms with Crippen LogP contribution in [0.3, 0.4) is 0 Å². The van der Waals surface area contributed by atoms with E-state index in [2.05, 4.69) is 4.72 Å². The first-order valence-corrected chi connectivity index (χ1v) is 11.1. The lowest BCUT2D eigenvalue weighted by atomic mass is 10.2. The van der Waals surface area contributed by atoms with Gasteiger partial charge in [0.15, 0.2) is 0 Å². The van der Waals surface area contributed by atoms with Crippen molar-refractivity contribution in [1.29, 1.82) is 0 Å². The predicted molar refractivity (Wildman–Crippen MR) is 98.0 cm³/mol. The van der Waals surface area contributed by atoms with Crippen LogP contribution in [0.5, 0.6) is 0 Å². The Morgan fingerprint density at radius 2 is 1.58 bits per heavy atom. The highest BCUT2D eigenvalue weighted by molar-refractivity contribution is 7.92. The van der Waals surface area contributed by atoms with Crippen LogP contribution in [-0.2, 0) is 10.0 Å². The average Bonchev–Trinajstić information content (AvgIpc) is 2.55. The van der Waals surface area contributed by atoms with Crippen LogP contribution in [0.1, 0.15) is 19.4 Å². The highest BCUT2D eigenvalue weighted by Crippen LogP contribution is 2.19. The van der Waals surface area contributed by atoms with Crippen molar-refractivity contribution < 1.29 is 18.0 Å². The van der Waals surface area contributed by atoms with Crippen LogP contribution in [0, 0.1) is 0 Å². The summed E-state index contributed by atoms with van der Waals surface area (Å²) >= 11 is 0. The predicted octanol–water partition coefficient (Wildman–Crippen LogP) is 2.88. The number of sulfonamides is 1. The Balaban J connectivity index is 2.12. The maximum absolute atomic E-state index is 12.2. The van der Waals surface area contributed by atoms with Crippen LogP contribution in [0.15, 0.2) is 65.2 Å². The molecule has 0 amide bonds. The van der Waals surface area contributed by atoms with Crippen molar-refractivity contribution in [2.24, 2.45) is 0 Å². The number of nitrogens with one attached hydrogen (secondary N) is 1. The molecule has 0 bridgehead atoms.